The summed E-state index contributed by atoms with van der Waals surface area (Å²) in [5.41, 5.74) is -0.431. The smallest absolute Gasteiger partial charge is 0.341 e. The molecule has 0 saturated heterocycles. The summed E-state index contributed by atoms with van der Waals surface area (Å²) in [6.07, 6.45) is 7.51. The lowest BCUT2D eigenvalue weighted by Crippen LogP contribution is -2.33. The van der Waals surface area contributed by atoms with Crippen molar-refractivity contribution in [1.82, 2.24) is 4.57 Å². The van der Waals surface area contributed by atoms with Gasteiger partial charge < -0.3 is 9.47 Å². The molecule has 0 amide bonds. The third kappa shape index (κ3) is 4.62. The number of aliphatic imine (C=N–C) groups is 1. The summed E-state index contributed by atoms with van der Waals surface area (Å²) in [5, 5.41) is 1.27. The molecule has 2 aromatic rings. The Morgan fingerprint density at radius 2 is 1.79 bits per heavy atom. The van der Waals surface area contributed by atoms with Crippen LogP contribution in [-0.2, 0) is 19.1 Å². The molecule has 1 heterocycles. The zero-order valence-corrected chi connectivity index (χ0v) is 16.6. The highest BCUT2D eigenvalue weighted by Gasteiger charge is 2.24. The van der Waals surface area contributed by atoms with Crippen molar-refractivity contribution in [2.45, 2.75) is 38.1 Å². The average molecular weight is 396 g/mol. The number of ether oxygens (including phenoxy) is 2. The number of aromatic nitrogens is 1. The molecule has 1 saturated carbocycles. The summed E-state index contributed by atoms with van der Waals surface area (Å²) in [7, 11) is 2.43. The lowest BCUT2D eigenvalue weighted by atomic mass is 9.96. The largest absolute Gasteiger partial charge is 0.466 e. The first-order valence-corrected chi connectivity index (χ1v) is 9.62. The number of nitrogens with zero attached hydrogens (tertiary/aromatic N) is 2. The van der Waals surface area contributed by atoms with E-state index in [-0.39, 0.29) is 23.0 Å². The first kappa shape index (κ1) is 20.5. The highest BCUT2D eigenvalue weighted by atomic mass is 16.5. The predicted octanol–water partition coefficient (Wildman–Crippen LogP) is 2.85. The summed E-state index contributed by atoms with van der Waals surface area (Å²) in [4.78, 5) is 42.3. The molecule has 152 valence electrons. The van der Waals surface area contributed by atoms with Gasteiger partial charge in [0.1, 0.15) is 11.4 Å². The molecule has 1 aliphatic rings. The van der Waals surface area contributed by atoms with Gasteiger partial charge in [-0.05, 0) is 30.4 Å². The number of carbonyl (C=O) groups is 2. The summed E-state index contributed by atoms with van der Waals surface area (Å²) >= 11 is 0. The molecule has 3 rings (SSSR count). The van der Waals surface area contributed by atoms with Crippen LogP contribution in [0.25, 0.3) is 10.8 Å². The molecule has 0 bridgehead atoms. The van der Waals surface area contributed by atoms with Gasteiger partial charge in [0.25, 0.3) is 5.56 Å². The number of benzene rings is 1. The number of rotatable bonds is 4. The quantitative estimate of drug-likeness (QED) is 0.343. The Labute approximate surface area is 168 Å². The fourth-order valence-corrected chi connectivity index (χ4v) is 3.50. The van der Waals surface area contributed by atoms with Crippen molar-refractivity contribution >= 4 is 28.5 Å². The van der Waals surface area contributed by atoms with Gasteiger partial charge in [0.15, 0.2) is 0 Å². The molecular formula is C22H24N2O5. The van der Waals surface area contributed by atoms with Crippen molar-refractivity contribution < 1.29 is 19.1 Å². The topological polar surface area (TPSA) is 87.0 Å². The van der Waals surface area contributed by atoms with Crippen LogP contribution in [0.1, 0.15) is 32.1 Å². The standard InChI is InChI=1S/C22H24N2O5/c1-28-19(25)14-18(22(27)29-2)20(23-16-9-4-3-5-10-16)24-13-12-15-8-6-7-11-17(15)21(24)26/h6-8,11-14,16H,3-5,9-10H2,1-2H3/b18-14+,23-20?. The van der Waals surface area contributed by atoms with Gasteiger partial charge in [-0.3, -0.25) is 14.4 Å². The van der Waals surface area contributed by atoms with Crippen molar-refractivity contribution in [2.75, 3.05) is 14.2 Å². The van der Waals surface area contributed by atoms with Crippen LogP contribution in [0.3, 0.4) is 0 Å². The van der Waals surface area contributed by atoms with Crippen LogP contribution in [0, 0.1) is 0 Å². The molecule has 0 N–H and O–H groups in total. The van der Waals surface area contributed by atoms with E-state index in [0.717, 1.165) is 43.6 Å². The summed E-state index contributed by atoms with van der Waals surface area (Å²) in [6.45, 7) is 0. The number of carbonyl (C=O) groups excluding carboxylic acids is 2. The number of pyridine rings is 1. The van der Waals surface area contributed by atoms with Crippen LogP contribution in [0.5, 0.6) is 0 Å². The molecule has 1 aliphatic carbocycles. The van der Waals surface area contributed by atoms with Crippen LogP contribution in [0.15, 0.2) is 58.0 Å². The molecule has 1 aromatic heterocycles. The predicted molar refractivity (Wildman–Crippen MR) is 110 cm³/mol. The van der Waals surface area contributed by atoms with Crippen molar-refractivity contribution in [3.8, 4) is 0 Å². The molecule has 0 radical (unpaired) electrons. The molecule has 0 atom stereocenters. The molecule has 0 spiro atoms. The minimum Gasteiger partial charge on any atom is -0.466 e. The number of fused-ring (bicyclic) bond motifs is 1. The maximum Gasteiger partial charge on any atom is 0.341 e. The Bertz CT molecular complexity index is 1030. The van der Waals surface area contributed by atoms with Crippen molar-refractivity contribution in [3.63, 3.8) is 0 Å². The second-order valence-corrected chi connectivity index (χ2v) is 6.90. The van der Waals surface area contributed by atoms with E-state index in [9.17, 15) is 14.4 Å². The number of methoxy groups -OCH3 is 2. The Hall–Kier alpha value is -3.22. The van der Waals surface area contributed by atoms with E-state index in [0.29, 0.717) is 5.39 Å². The third-order valence-corrected chi connectivity index (χ3v) is 5.03. The van der Waals surface area contributed by atoms with Crippen LogP contribution in [-0.4, -0.2) is 42.6 Å². The van der Waals surface area contributed by atoms with Gasteiger partial charge in [-0.25, -0.2) is 9.59 Å². The maximum atomic E-state index is 13.2. The fourth-order valence-electron chi connectivity index (χ4n) is 3.50. The van der Waals surface area contributed by atoms with E-state index in [1.54, 1.807) is 24.4 Å². The molecule has 7 heteroatoms. The molecule has 7 nitrogen and oxygen atoms in total. The van der Waals surface area contributed by atoms with E-state index >= 15 is 0 Å². The Morgan fingerprint density at radius 3 is 2.48 bits per heavy atom. The molecular weight excluding hydrogens is 372 g/mol. The van der Waals surface area contributed by atoms with Gasteiger partial charge in [0.2, 0.25) is 0 Å². The van der Waals surface area contributed by atoms with E-state index < -0.39 is 11.9 Å². The monoisotopic (exact) mass is 396 g/mol. The molecule has 1 fully saturated rings. The highest BCUT2D eigenvalue weighted by molar-refractivity contribution is 6.22. The van der Waals surface area contributed by atoms with Crippen LogP contribution in [0.4, 0.5) is 0 Å². The first-order valence-electron chi connectivity index (χ1n) is 9.62. The fraction of sp³-hybridized carbons (Fsp3) is 0.364. The van der Waals surface area contributed by atoms with Gasteiger partial charge >= 0.3 is 11.9 Å². The van der Waals surface area contributed by atoms with E-state index in [2.05, 4.69) is 4.74 Å². The Balaban J connectivity index is 2.22. The summed E-state index contributed by atoms with van der Waals surface area (Å²) < 4.78 is 10.9. The number of esters is 2. The first-order chi connectivity index (χ1) is 14.0. The minimum absolute atomic E-state index is 0.0391. The van der Waals surface area contributed by atoms with Crippen molar-refractivity contribution in [1.29, 1.82) is 0 Å². The zero-order valence-electron chi connectivity index (χ0n) is 16.6. The van der Waals surface area contributed by atoms with Crippen LogP contribution in [0.2, 0.25) is 0 Å². The maximum absolute atomic E-state index is 13.2. The molecule has 0 unspecified atom stereocenters. The second kappa shape index (κ2) is 9.32. The van der Waals surface area contributed by atoms with Crippen LogP contribution >= 0.6 is 0 Å². The average Bonchev–Trinajstić information content (AvgIpc) is 2.77. The lowest BCUT2D eigenvalue weighted by molar-refractivity contribution is -0.138. The molecule has 0 aliphatic heterocycles. The van der Waals surface area contributed by atoms with Gasteiger partial charge in [-0.1, -0.05) is 37.5 Å². The van der Waals surface area contributed by atoms with Crippen molar-refractivity contribution in [2.24, 2.45) is 4.99 Å². The third-order valence-electron chi connectivity index (χ3n) is 5.03. The van der Waals surface area contributed by atoms with Gasteiger partial charge in [0, 0.05) is 17.7 Å². The zero-order chi connectivity index (χ0) is 20.8. The lowest BCUT2D eigenvalue weighted by Gasteiger charge is -2.21. The SMILES string of the molecule is COC(=O)/C=C(/C(=O)OC)C(=NC1CCCCC1)n1ccc2ccccc2c1=O. The van der Waals surface area contributed by atoms with Gasteiger partial charge in [-0.15, -0.1) is 0 Å². The molecule has 29 heavy (non-hydrogen) atoms. The normalized spacial score (nSPS) is 15.9. The Morgan fingerprint density at radius 1 is 1.07 bits per heavy atom. The van der Waals surface area contributed by atoms with E-state index in [1.165, 1.54) is 18.8 Å². The summed E-state index contributed by atoms with van der Waals surface area (Å²) in [5.74, 6) is -1.38. The van der Waals surface area contributed by atoms with E-state index in [1.807, 2.05) is 12.1 Å². The number of hydrogen-bond donors (Lipinski definition) is 0. The highest BCUT2D eigenvalue weighted by Crippen LogP contribution is 2.22. The number of hydrogen-bond acceptors (Lipinski definition) is 6. The van der Waals surface area contributed by atoms with Crippen LogP contribution < -0.4 is 5.56 Å². The van der Waals surface area contributed by atoms with Crippen molar-refractivity contribution in [3.05, 3.63) is 58.5 Å². The second-order valence-electron chi connectivity index (χ2n) is 6.90. The summed E-state index contributed by atoms with van der Waals surface area (Å²) in [6, 6.07) is 8.92. The Kier molecular flexibility index (Phi) is 6.59. The van der Waals surface area contributed by atoms with Gasteiger partial charge in [-0.2, -0.15) is 0 Å². The van der Waals surface area contributed by atoms with E-state index in [4.69, 9.17) is 9.73 Å². The minimum atomic E-state index is -0.759. The van der Waals surface area contributed by atoms with Gasteiger partial charge in [0.05, 0.1) is 20.3 Å². The molecule has 1 aromatic carbocycles.